The third-order valence-electron chi connectivity index (χ3n) is 3.61. The van der Waals surface area contributed by atoms with Crippen LogP contribution in [-0.4, -0.2) is 12.6 Å². The van der Waals surface area contributed by atoms with E-state index in [4.69, 9.17) is 15.2 Å². The molecule has 3 heteroatoms. The fourth-order valence-corrected chi connectivity index (χ4v) is 1.81. The van der Waals surface area contributed by atoms with Gasteiger partial charge in [-0.1, -0.05) is 51.1 Å². The summed E-state index contributed by atoms with van der Waals surface area (Å²) in [6.45, 7) is 7.41. The Kier molecular flexibility index (Phi) is 5.45. The zero-order valence-corrected chi connectivity index (χ0v) is 13.6. The zero-order chi connectivity index (χ0) is 16.0. The first kappa shape index (κ1) is 16.4. The maximum Gasteiger partial charge on any atom is 0.120 e. The standard InChI is InChI=1S/C19H25NO2/c1-19(2,3)18(20)14-22-17-11-9-16(10-12-17)21-13-15-7-5-4-6-8-15/h4-12,18H,13-14,20H2,1-3H3. The van der Waals surface area contributed by atoms with Crippen molar-refractivity contribution in [2.24, 2.45) is 11.1 Å². The molecule has 118 valence electrons. The van der Waals surface area contributed by atoms with Crippen molar-refractivity contribution in [1.82, 2.24) is 0 Å². The molecule has 0 radical (unpaired) electrons. The summed E-state index contributed by atoms with van der Waals surface area (Å²) in [4.78, 5) is 0. The van der Waals surface area contributed by atoms with Crippen molar-refractivity contribution in [2.75, 3.05) is 6.61 Å². The molecule has 1 atom stereocenters. The van der Waals surface area contributed by atoms with Crippen molar-refractivity contribution in [1.29, 1.82) is 0 Å². The van der Waals surface area contributed by atoms with Gasteiger partial charge in [0.15, 0.2) is 0 Å². The van der Waals surface area contributed by atoms with Crippen LogP contribution in [0, 0.1) is 5.41 Å². The SMILES string of the molecule is CC(C)(C)C(N)COc1ccc(OCc2ccccc2)cc1. The molecule has 0 saturated heterocycles. The number of hydrogen-bond donors (Lipinski definition) is 1. The Bertz CT molecular complexity index is 558. The molecule has 0 aliphatic rings. The van der Waals surface area contributed by atoms with Crippen LogP contribution in [0.3, 0.4) is 0 Å². The molecular formula is C19H25NO2. The molecule has 2 aromatic carbocycles. The molecule has 3 nitrogen and oxygen atoms in total. The highest BCUT2D eigenvalue weighted by Crippen LogP contribution is 2.21. The summed E-state index contributed by atoms with van der Waals surface area (Å²) < 4.78 is 11.5. The Morgan fingerprint density at radius 3 is 1.95 bits per heavy atom. The number of benzene rings is 2. The number of rotatable bonds is 6. The first-order valence-electron chi connectivity index (χ1n) is 7.60. The van der Waals surface area contributed by atoms with Crippen LogP contribution in [0.2, 0.25) is 0 Å². The molecule has 0 aliphatic heterocycles. The van der Waals surface area contributed by atoms with E-state index in [1.807, 2.05) is 54.6 Å². The van der Waals surface area contributed by atoms with Crippen LogP contribution >= 0.6 is 0 Å². The third kappa shape index (κ3) is 5.08. The van der Waals surface area contributed by atoms with Gasteiger partial charge in [0, 0.05) is 6.04 Å². The second-order valence-electron chi connectivity index (χ2n) is 6.53. The highest BCUT2D eigenvalue weighted by atomic mass is 16.5. The van der Waals surface area contributed by atoms with E-state index >= 15 is 0 Å². The topological polar surface area (TPSA) is 44.5 Å². The van der Waals surface area contributed by atoms with Gasteiger partial charge in [-0.25, -0.2) is 0 Å². The summed E-state index contributed by atoms with van der Waals surface area (Å²) in [5.74, 6) is 1.64. The maximum atomic E-state index is 6.09. The Morgan fingerprint density at radius 2 is 1.41 bits per heavy atom. The Hall–Kier alpha value is -2.00. The van der Waals surface area contributed by atoms with E-state index in [0.717, 1.165) is 17.1 Å². The summed E-state index contributed by atoms with van der Waals surface area (Å²) in [6.07, 6.45) is 0. The third-order valence-corrected chi connectivity index (χ3v) is 3.61. The molecule has 0 bridgehead atoms. The van der Waals surface area contributed by atoms with Gasteiger partial charge in [-0.05, 0) is 35.2 Å². The van der Waals surface area contributed by atoms with Crippen LogP contribution in [0.25, 0.3) is 0 Å². The van der Waals surface area contributed by atoms with Gasteiger partial charge in [-0.3, -0.25) is 0 Å². The van der Waals surface area contributed by atoms with E-state index in [2.05, 4.69) is 20.8 Å². The summed E-state index contributed by atoms with van der Waals surface area (Å²) in [6, 6.07) is 17.8. The van der Waals surface area contributed by atoms with Gasteiger partial charge < -0.3 is 15.2 Å². The van der Waals surface area contributed by atoms with Crippen molar-refractivity contribution in [3.8, 4) is 11.5 Å². The molecule has 0 aromatic heterocycles. The highest BCUT2D eigenvalue weighted by molar-refractivity contribution is 5.31. The van der Waals surface area contributed by atoms with Crippen molar-refractivity contribution >= 4 is 0 Å². The molecule has 0 fully saturated rings. The molecule has 1 unspecified atom stereocenters. The van der Waals surface area contributed by atoms with Crippen LogP contribution in [0.15, 0.2) is 54.6 Å². The lowest BCUT2D eigenvalue weighted by Gasteiger charge is -2.26. The van der Waals surface area contributed by atoms with Crippen LogP contribution in [0.1, 0.15) is 26.3 Å². The molecule has 0 amide bonds. The molecule has 0 spiro atoms. The van der Waals surface area contributed by atoms with Crippen molar-refractivity contribution in [3.05, 3.63) is 60.2 Å². The lowest BCUT2D eigenvalue weighted by atomic mass is 9.88. The summed E-state index contributed by atoms with van der Waals surface area (Å²) in [5.41, 5.74) is 7.28. The summed E-state index contributed by atoms with van der Waals surface area (Å²) in [5, 5.41) is 0. The highest BCUT2D eigenvalue weighted by Gasteiger charge is 2.20. The largest absolute Gasteiger partial charge is 0.492 e. The number of ether oxygens (including phenoxy) is 2. The zero-order valence-electron chi connectivity index (χ0n) is 13.6. The molecule has 2 rings (SSSR count). The lowest BCUT2D eigenvalue weighted by Crippen LogP contribution is -2.40. The Morgan fingerprint density at radius 1 is 0.864 bits per heavy atom. The van der Waals surface area contributed by atoms with Gasteiger partial charge in [0.05, 0.1) is 0 Å². The van der Waals surface area contributed by atoms with E-state index in [-0.39, 0.29) is 11.5 Å². The number of nitrogens with two attached hydrogens (primary N) is 1. The number of hydrogen-bond acceptors (Lipinski definition) is 3. The van der Waals surface area contributed by atoms with Crippen LogP contribution < -0.4 is 15.2 Å². The molecule has 0 saturated carbocycles. The van der Waals surface area contributed by atoms with Crippen LogP contribution in [0.5, 0.6) is 11.5 Å². The lowest BCUT2D eigenvalue weighted by molar-refractivity contribution is 0.205. The van der Waals surface area contributed by atoms with E-state index in [1.165, 1.54) is 0 Å². The van der Waals surface area contributed by atoms with Crippen molar-refractivity contribution in [2.45, 2.75) is 33.4 Å². The minimum absolute atomic E-state index is 0.00140. The van der Waals surface area contributed by atoms with E-state index < -0.39 is 0 Å². The predicted molar refractivity (Wildman–Crippen MR) is 90.1 cm³/mol. The fourth-order valence-electron chi connectivity index (χ4n) is 1.81. The monoisotopic (exact) mass is 299 g/mol. The van der Waals surface area contributed by atoms with Gasteiger partial charge in [0.1, 0.15) is 24.7 Å². The first-order valence-corrected chi connectivity index (χ1v) is 7.60. The van der Waals surface area contributed by atoms with Crippen LogP contribution in [0.4, 0.5) is 0 Å². The smallest absolute Gasteiger partial charge is 0.120 e. The Balaban J connectivity index is 1.83. The van der Waals surface area contributed by atoms with Crippen molar-refractivity contribution in [3.63, 3.8) is 0 Å². The van der Waals surface area contributed by atoms with Gasteiger partial charge in [-0.2, -0.15) is 0 Å². The average molecular weight is 299 g/mol. The minimum atomic E-state index is 0.00140. The molecule has 0 heterocycles. The van der Waals surface area contributed by atoms with Gasteiger partial charge >= 0.3 is 0 Å². The molecule has 22 heavy (non-hydrogen) atoms. The second kappa shape index (κ2) is 7.32. The summed E-state index contributed by atoms with van der Waals surface area (Å²) in [7, 11) is 0. The quantitative estimate of drug-likeness (QED) is 0.876. The van der Waals surface area contributed by atoms with Gasteiger partial charge in [0.2, 0.25) is 0 Å². The average Bonchev–Trinajstić information content (AvgIpc) is 2.51. The molecule has 2 aromatic rings. The first-order chi connectivity index (χ1) is 10.4. The maximum absolute atomic E-state index is 6.09. The fraction of sp³-hybridized carbons (Fsp3) is 0.368. The van der Waals surface area contributed by atoms with E-state index in [0.29, 0.717) is 13.2 Å². The molecule has 2 N–H and O–H groups in total. The normalized spacial score (nSPS) is 12.7. The predicted octanol–water partition coefficient (Wildman–Crippen LogP) is 4.02. The van der Waals surface area contributed by atoms with E-state index in [9.17, 15) is 0 Å². The van der Waals surface area contributed by atoms with Gasteiger partial charge in [-0.15, -0.1) is 0 Å². The molecule has 0 aliphatic carbocycles. The minimum Gasteiger partial charge on any atom is -0.492 e. The van der Waals surface area contributed by atoms with Crippen LogP contribution in [-0.2, 0) is 6.61 Å². The Labute approximate surface area is 133 Å². The second-order valence-corrected chi connectivity index (χ2v) is 6.53. The van der Waals surface area contributed by atoms with Crippen molar-refractivity contribution < 1.29 is 9.47 Å². The summed E-state index contributed by atoms with van der Waals surface area (Å²) >= 11 is 0. The molecular weight excluding hydrogens is 274 g/mol. The van der Waals surface area contributed by atoms with E-state index in [1.54, 1.807) is 0 Å². The van der Waals surface area contributed by atoms with Gasteiger partial charge in [0.25, 0.3) is 0 Å².